The Labute approximate surface area is 196 Å². The van der Waals surface area contributed by atoms with Crippen LogP contribution in [0.3, 0.4) is 0 Å². The van der Waals surface area contributed by atoms with Crippen LogP contribution >= 0.6 is 11.8 Å². The Kier molecular flexibility index (Phi) is 10.2. The van der Waals surface area contributed by atoms with Gasteiger partial charge in [-0.25, -0.2) is 8.42 Å². The number of ether oxygens (including phenoxy) is 1. The Bertz CT molecular complexity index is 964. The Balaban J connectivity index is 2.16. The van der Waals surface area contributed by atoms with Crippen LogP contribution in [0.4, 0.5) is 5.69 Å². The molecule has 0 aliphatic carbocycles. The van der Waals surface area contributed by atoms with Gasteiger partial charge >= 0.3 is 0 Å². The number of hydrogen-bond donors (Lipinski definition) is 1. The SMILES string of the molecule is COCCSc1ccccc1C(=O)Nc1ccc(S(=O)(=O)N(CC(C)C)CC(C)C)cc1. The molecular formula is C24H34N2O4S2. The topological polar surface area (TPSA) is 75.7 Å². The zero-order valence-electron chi connectivity index (χ0n) is 19.5. The second-order valence-corrected chi connectivity index (χ2v) is 11.5. The first-order valence-corrected chi connectivity index (χ1v) is 13.2. The molecule has 2 rings (SSSR count). The van der Waals surface area contributed by atoms with Crippen molar-refractivity contribution in [2.45, 2.75) is 37.5 Å². The number of nitrogens with one attached hydrogen (secondary N) is 1. The van der Waals surface area contributed by atoms with Crippen molar-refractivity contribution >= 4 is 33.4 Å². The molecule has 0 fully saturated rings. The van der Waals surface area contributed by atoms with E-state index in [2.05, 4.69) is 5.32 Å². The molecule has 2 aromatic carbocycles. The van der Waals surface area contributed by atoms with Crippen molar-refractivity contribution < 1.29 is 17.9 Å². The molecule has 0 aromatic heterocycles. The Morgan fingerprint density at radius 2 is 1.59 bits per heavy atom. The summed E-state index contributed by atoms with van der Waals surface area (Å²) in [5.41, 5.74) is 1.12. The number of methoxy groups -OCH3 is 1. The van der Waals surface area contributed by atoms with Gasteiger partial charge in [0.05, 0.1) is 17.1 Å². The Hall–Kier alpha value is -1.87. The lowest BCUT2D eigenvalue weighted by Crippen LogP contribution is -2.37. The van der Waals surface area contributed by atoms with Crippen LogP contribution in [-0.4, -0.2) is 51.2 Å². The highest BCUT2D eigenvalue weighted by molar-refractivity contribution is 7.99. The number of benzene rings is 2. The lowest BCUT2D eigenvalue weighted by atomic mass is 10.2. The number of amides is 1. The lowest BCUT2D eigenvalue weighted by Gasteiger charge is -2.25. The van der Waals surface area contributed by atoms with Crippen molar-refractivity contribution in [3.05, 3.63) is 54.1 Å². The van der Waals surface area contributed by atoms with E-state index in [1.165, 1.54) is 0 Å². The number of carbonyl (C=O) groups excluding carboxylic acids is 1. The number of thioether (sulfide) groups is 1. The fourth-order valence-corrected chi connectivity index (χ4v) is 5.89. The maximum Gasteiger partial charge on any atom is 0.256 e. The van der Waals surface area contributed by atoms with Crippen LogP contribution < -0.4 is 5.32 Å². The zero-order valence-corrected chi connectivity index (χ0v) is 21.1. The number of nitrogens with zero attached hydrogens (tertiary/aromatic N) is 1. The quantitative estimate of drug-likeness (QED) is 0.344. The van der Waals surface area contributed by atoms with Gasteiger partial charge in [0.1, 0.15) is 0 Å². The molecule has 0 radical (unpaired) electrons. The van der Waals surface area contributed by atoms with Crippen LogP contribution in [0.15, 0.2) is 58.3 Å². The van der Waals surface area contributed by atoms with Crippen molar-refractivity contribution in [3.63, 3.8) is 0 Å². The maximum atomic E-state index is 13.2. The highest BCUT2D eigenvalue weighted by Gasteiger charge is 2.26. The molecule has 0 unspecified atom stereocenters. The standard InChI is InChI=1S/C24H34N2O4S2/c1-18(2)16-26(17-19(3)4)32(28,29)21-12-10-20(11-13-21)25-24(27)22-8-6-7-9-23(22)31-15-14-30-5/h6-13,18-19H,14-17H2,1-5H3,(H,25,27). The van der Waals surface area contributed by atoms with Gasteiger partial charge in [-0.15, -0.1) is 11.8 Å². The molecule has 8 heteroatoms. The van der Waals surface area contributed by atoms with Crippen LogP contribution in [0.5, 0.6) is 0 Å². The molecule has 1 amide bonds. The smallest absolute Gasteiger partial charge is 0.256 e. The molecule has 176 valence electrons. The molecule has 0 bridgehead atoms. The summed E-state index contributed by atoms with van der Waals surface area (Å²) in [5, 5.41) is 2.87. The van der Waals surface area contributed by atoms with Gasteiger partial charge in [-0.1, -0.05) is 39.8 Å². The molecule has 2 aromatic rings. The van der Waals surface area contributed by atoms with E-state index in [0.29, 0.717) is 30.9 Å². The van der Waals surface area contributed by atoms with Gasteiger partial charge < -0.3 is 10.1 Å². The fourth-order valence-electron chi connectivity index (χ4n) is 3.16. The summed E-state index contributed by atoms with van der Waals surface area (Å²) in [4.78, 5) is 13.9. The summed E-state index contributed by atoms with van der Waals surface area (Å²) in [6.07, 6.45) is 0. The van der Waals surface area contributed by atoms with Crippen molar-refractivity contribution in [2.24, 2.45) is 11.8 Å². The number of sulfonamides is 1. The van der Waals surface area contributed by atoms with Crippen LogP contribution in [-0.2, 0) is 14.8 Å². The van der Waals surface area contributed by atoms with Gasteiger partial charge in [0.25, 0.3) is 5.91 Å². The van der Waals surface area contributed by atoms with Crippen LogP contribution in [0.2, 0.25) is 0 Å². The van der Waals surface area contributed by atoms with Gasteiger partial charge in [-0.05, 0) is 48.2 Å². The summed E-state index contributed by atoms with van der Waals surface area (Å²) in [5.74, 6) is 0.964. The molecule has 0 saturated heterocycles. The first-order chi connectivity index (χ1) is 15.1. The minimum Gasteiger partial charge on any atom is -0.384 e. The zero-order chi connectivity index (χ0) is 23.7. The largest absolute Gasteiger partial charge is 0.384 e. The van der Waals surface area contributed by atoms with Crippen LogP contribution in [0.1, 0.15) is 38.1 Å². The monoisotopic (exact) mass is 478 g/mol. The van der Waals surface area contributed by atoms with Gasteiger partial charge in [-0.3, -0.25) is 4.79 Å². The van der Waals surface area contributed by atoms with E-state index in [1.807, 2.05) is 45.9 Å². The third-order valence-electron chi connectivity index (χ3n) is 4.56. The highest BCUT2D eigenvalue weighted by Crippen LogP contribution is 2.25. The summed E-state index contributed by atoms with van der Waals surface area (Å²) >= 11 is 1.56. The van der Waals surface area contributed by atoms with Crippen molar-refractivity contribution in [2.75, 3.05) is 37.9 Å². The molecule has 0 spiro atoms. The molecule has 0 aliphatic rings. The second-order valence-electron chi connectivity index (χ2n) is 8.43. The van der Waals surface area contributed by atoms with Crippen molar-refractivity contribution in [1.82, 2.24) is 4.31 Å². The predicted octanol–water partition coefficient (Wildman–Crippen LogP) is 4.98. The van der Waals surface area contributed by atoms with E-state index in [-0.39, 0.29) is 22.6 Å². The maximum absolute atomic E-state index is 13.2. The molecule has 0 heterocycles. The van der Waals surface area contributed by atoms with Crippen LogP contribution in [0, 0.1) is 11.8 Å². The van der Waals surface area contributed by atoms with E-state index in [4.69, 9.17) is 4.74 Å². The first-order valence-electron chi connectivity index (χ1n) is 10.8. The number of anilines is 1. The molecule has 32 heavy (non-hydrogen) atoms. The van der Waals surface area contributed by atoms with Gasteiger partial charge in [-0.2, -0.15) is 4.31 Å². The second kappa shape index (κ2) is 12.4. The third kappa shape index (κ3) is 7.62. The average Bonchev–Trinajstić information content (AvgIpc) is 2.73. The number of carbonyl (C=O) groups is 1. The summed E-state index contributed by atoms with van der Waals surface area (Å²) in [7, 11) is -1.96. The van der Waals surface area contributed by atoms with Gasteiger partial charge in [0.2, 0.25) is 10.0 Å². The van der Waals surface area contributed by atoms with Gasteiger partial charge in [0, 0.05) is 36.5 Å². The molecular weight excluding hydrogens is 444 g/mol. The van der Waals surface area contributed by atoms with Crippen molar-refractivity contribution in [3.8, 4) is 0 Å². The van der Waals surface area contributed by atoms with Gasteiger partial charge in [0.15, 0.2) is 0 Å². The molecule has 0 saturated carbocycles. The van der Waals surface area contributed by atoms with Crippen molar-refractivity contribution in [1.29, 1.82) is 0 Å². The highest BCUT2D eigenvalue weighted by atomic mass is 32.2. The summed E-state index contributed by atoms with van der Waals surface area (Å²) in [6.45, 7) is 9.56. The first kappa shape index (κ1) is 26.4. The fraction of sp³-hybridized carbons (Fsp3) is 0.458. The molecule has 1 N–H and O–H groups in total. The van der Waals surface area contributed by atoms with E-state index in [9.17, 15) is 13.2 Å². The molecule has 0 atom stereocenters. The number of rotatable bonds is 12. The number of hydrogen-bond acceptors (Lipinski definition) is 5. The predicted molar refractivity (Wildman–Crippen MR) is 132 cm³/mol. The van der Waals surface area contributed by atoms with E-state index in [0.717, 1.165) is 10.6 Å². The van der Waals surface area contributed by atoms with Crippen LogP contribution in [0.25, 0.3) is 0 Å². The summed E-state index contributed by atoms with van der Waals surface area (Å²) < 4.78 is 32.9. The molecule has 0 aliphatic heterocycles. The normalized spacial score (nSPS) is 12.0. The van der Waals surface area contributed by atoms with E-state index >= 15 is 0 Å². The van der Waals surface area contributed by atoms with E-state index in [1.54, 1.807) is 53.5 Å². The third-order valence-corrected chi connectivity index (χ3v) is 7.45. The Morgan fingerprint density at radius 1 is 1.00 bits per heavy atom. The molecule has 6 nitrogen and oxygen atoms in total. The average molecular weight is 479 g/mol. The summed E-state index contributed by atoms with van der Waals surface area (Å²) in [6, 6.07) is 13.8. The lowest BCUT2D eigenvalue weighted by molar-refractivity contribution is 0.102. The minimum absolute atomic E-state index is 0.226. The minimum atomic E-state index is -3.60. The Morgan fingerprint density at radius 3 is 2.16 bits per heavy atom. The van der Waals surface area contributed by atoms with E-state index < -0.39 is 10.0 Å².